The first-order valence-electron chi connectivity index (χ1n) is 22.1. The number of hydrogen-bond donors (Lipinski definition) is 14. The van der Waals surface area contributed by atoms with Gasteiger partial charge in [-0.15, -0.1) is 24.8 Å². The number of Topliss-reactive ketones (excluding diaryl/α,β-unsaturated/α-hetero) is 4. The molecule has 23 nitrogen and oxygen atoms in total. The largest absolute Gasteiger partial charge is 0.510 e. The van der Waals surface area contributed by atoms with E-state index in [0.29, 0.717) is 11.1 Å². The number of halogens is 2. The highest BCUT2D eigenvalue weighted by Gasteiger charge is 2.69. The summed E-state index contributed by atoms with van der Waals surface area (Å²) in [4.78, 5) is 79.6. The maximum absolute atomic E-state index is 13.3. The van der Waals surface area contributed by atoms with Crippen LogP contribution in [-0.4, -0.2) is 188 Å². The van der Waals surface area contributed by atoms with Gasteiger partial charge in [-0.05, 0) is 77.1 Å². The highest BCUT2D eigenvalue weighted by atomic mass is 35.5. The van der Waals surface area contributed by atoms with Gasteiger partial charge in [0.2, 0.25) is 11.6 Å². The molecule has 25 heteroatoms. The van der Waals surface area contributed by atoms with Crippen molar-refractivity contribution in [1.82, 2.24) is 9.80 Å². The zero-order chi connectivity index (χ0) is 53.1. The Kier molecular flexibility index (Phi) is 20.0. The van der Waals surface area contributed by atoms with E-state index in [1.54, 1.807) is 52.0 Å². The first-order valence-corrected chi connectivity index (χ1v) is 22.1. The Morgan fingerprint density at radius 2 is 0.863 bits per heavy atom. The summed E-state index contributed by atoms with van der Waals surface area (Å²) in [5.74, 6) is -17.7. The van der Waals surface area contributed by atoms with Crippen molar-refractivity contribution in [2.75, 3.05) is 41.4 Å². The number of hydrogen-bond acceptors (Lipinski definition) is 20. The molecule has 0 bridgehead atoms. The second-order valence-corrected chi connectivity index (χ2v) is 18.2. The van der Waals surface area contributed by atoms with Gasteiger partial charge in [-0.1, -0.05) is 38.1 Å². The van der Waals surface area contributed by atoms with Crippen molar-refractivity contribution in [3.63, 3.8) is 0 Å². The van der Waals surface area contributed by atoms with E-state index in [2.05, 4.69) is 0 Å². The van der Waals surface area contributed by atoms with Crippen molar-refractivity contribution < 1.29 is 95.5 Å². The lowest BCUT2D eigenvalue weighted by molar-refractivity contribution is -0.162. The van der Waals surface area contributed by atoms with E-state index in [1.807, 2.05) is 0 Å². The minimum atomic E-state index is -2.89. The Hall–Kier alpha value is -5.96. The highest BCUT2D eigenvalue weighted by molar-refractivity contribution is 6.26. The van der Waals surface area contributed by atoms with E-state index in [-0.39, 0.29) is 66.1 Å². The number of nitrogens with two attached hydrogens (primary N) is 2. The number of phenolic OH excluding ortho intramolecular Hbond substituents is 2. The molecule has 12 atom stereocenters. The van der Waals surface area contributed by atoms with Crippen LogP contribution >= 0.6 is 24.8 Å². The minimum absolute atomic E-state index is 0. The average Bonchev–Trinajstić information content (AvgIpc) is 3.26. The summed E-state index contributed by atoms with van der Waals surface area (Å²) in [6.07, 6.45) is -3.18. The number of primary amides is 2. The molecule has 404 valence electrons. The van der Waals surface area contributed by atoms with Gasteiger partial charge in [0, 0.05) is 36.2 Å². The normalized spacial score (nSPS) is 30.6. The van der Waals surface area contributed by atoms with Gasteiger partial charge in [0.25, 0.3) is 11.8 Å². The fourth-order valence-electron chi connectivity index (χ4n) is 11.2. The summed E-state index contributed by atoms with van der Waals surface area (Å²) in [7, 11) is 5.95. The van der Waals surface area contributed by atoms with Crippen LogP contribution < -0.4 is 11.5 Å². The number of rotatable bonds is 4. The van der Waals surface area contributed by atoms with Crippen molar-refractivity contribution in [2.24, 2.45) is 35.1 Å². The number of carbonyl (C=O) groups is 6. The second-order valence-electron chi connectivity index (χ2n) is 18.2. The molecule has 0 spiro atoms. The van der Waals surface area contributed by atoms with Gasteiger partial charge in [-0.25, -0.2) is 0 Å². The lowest BCUT2D eigenvalue weighted by atomic mass is 9.55. The number of aliphatic hydroxyl groups excluding tert-OH is 8. The third kappa shape index (κ3) is 9.37. The topological polar surface area (TPSA) is 435 Å². The Bertz CT molecular complexity index is 2510. The molecule has 0 aromatic heterocycles. The van der Waals surface area contributed by atoms with Crippen LogP contribution in [0.5, 0.6) is 11.5 Å². The Morgan fingerprint density at radius 1 is 0.589 bits per heavy atom. The first kappa shape index (κ1) is 63.2. The molecule has 0 saturated heterocycles. The summed E-state index contributed by atoms with van der Waals surface area (Å²) < 4.78 is 0. The standard InChI is InChI=1S/2C22H24N2O8.2C2H6O.2ClH.H2O/c2*1-7-8-5-4-6-9(25)11(8)16(26)12-10(7)17(27)14-15(24(2)3)18(28)13(21(23)31)20(30)22(14,32)19(12)29;2*1-2-3;;;/h2*4-7,10,14-15,17,25,27-29,32H,1-3H3,(H2,23,31);2*3H,2H2,1H3;2*1H;1H2/t2*7-,10+,14+,15-,17-,22-;;;;;/m00...../s1. The number of likely N-dealkylation sites (N-methyl/N-ethyl adjacent to an activating group) is 2. The summed E-state index contributed by atoms with van der Waals surface area (Å²) in [5.41, 5.74) is 2.73. The first-order chi connectivity index (χ1) is 32.6. The number of carbonyl (C=O) groups excluding carboxylic acids is 6. The molecule has 8 rings (SSSR count). The van der Waals surface area contributed by atoms with Crippen LogP contribution in [-0.2, 0) is 19.2 Å². The number of nitrogens with zero attached hydrogens (tertiary/aromatic N) is 2. The monoisotopic (exact) mass is 1070 g/mol. The smallest absolute Gasteiger partial charge is 0.255 e. The van der Waals surface area contributed by atoms with Crippen LogP contribution in [0, 0.1) is 23.7 Å². The molecule has 0 unspecified atom stereocenters. The number of aliphatic hydroxyl groups is 10. The average molecular weight is 1070 g/mol. The number of aromatic hydroxyl groups is 2. The van der Waals surface area contributed by atoms with Crippen molar-refractivity contribution in [3.05, 3.63) is 104 Å². The minimum Gasteiger partial charge on any atom is -0.510 e. The molecular formula is C48H64Cl2N4O19. The Labute approximate surface area is 430 Å². The van der Waals surface area contributed by atoms with E-state index in [4.69, 9.17) is 21.7 Å². The number of phenols is 2. The van der Waals surface area contributed by atoms with E-state index < -0.39 is 151 Å². The molecule has 18 N–H and O–H groups in total. The summed E-state index contributed by atoms with van der Waals surface area (Å²) in [6, 6.07) is 6.33. The van der Waals surface area contributed by atoms with Crippen LogP contribution in [0.3, 0.4) is 0 Å². The molecule has 2 aromatic rings. The number of amides is 2. The summed E-state index contributed by atoms with van der Waals surface area (Å²) >= 11 is 0. The van der Waals surface area contributed by atoms with Crippen LogP contribution in [0.25, 0.3) is 0 Å². The molecular weight excluding hydrogens is 1010 g/mol. The van der Waals surface area contributed by atoms with Crippen LogP contribution in [0.15, 0.2) is 81.7 Å². The number of benzene rings is 2. The van der Waals surface area contributed by atoms with Gasteiger partial charge in [0.05, 0.1) is 47.3 Å². The Morgan fingerprint density at radius 3 is 1.11 bits per heavy atom. The van der Waals surface area contributed by atoms with Crippen LogP contribution in [0.1, 0.15) is 71.4 Å². The fourth-order valence-corrected chi connectivity index (χ4v) is 11.2. The number of fused-ring (bicyclic) bond motifs is 6. The molecule has 6 aliphatic carbocycles. The van der Waals surface area contributed by atoms with Crippen molar-refractivity contribution in [2.45, 2.75) is 75.0 Å². The maximum atomic E-state index is 13.3. The maximum Gasteiger partial charge on any atom is 0.255 e. The van der Waals surface area contributed by atoms with Crippen LogP contribution in [0.2, 0.25) is 0 Å². The van der Waals surface area contributed by atoms with Gasteiger partial charge in [-0.3, -0.25) is 38.6 Å². The third-order valence-corrected chi connectivity index (χ3v) is 14.0. The van der Waals surface area contributed by atoms with Gasteiger partial charge in [0.1, 0.15) is 45.7 Å². The van der Waals surface area contributed by atoms with E-state index in [9.17, 15) is 79.8 Å². The predicted molar refractivity (Wildman–Crippen MR) is 263 cm³/mol. The number of ketones is 4. The van der Waals surface area contributed by atoms with Gasteiger partial charge in [-0.2, -0.15) is 0 Å². The zero-order valence-corrected chi connectivity index (χ0v) is 42.5. The fraction of sp³-hybridized carbons (Fsp3) is 0.458. The molecule has 73 heavy (non-hydrogen) atoms. The molecule has 0 fully saturated rings. The van der Waals surface area contributed by atoms with Crippen LogP contribution in [0.4, 0.5) is 0 Å². The van der Waals surface area contributed by atoms with Crippen molar-refractivity contribution >= 4 is 59.8 Å². The summed E-state index contributed by atoms with van der Waals surface area (Å²) in [5, 5.41) is 125. The lowest BCUT2D eigenvalue weighted by Gasteiger charge is -2.53. The molecule has 2 amide bonds. The van der Waals surface area contributed by atoms with Gasteiger partial charge in [0.15, 0.2) is 22.8 Å². The van der Waals surface area contributed by atoms with Gasteiger partial charge < -0.3 is 78.2 Å². The lowest BCUT2D eigenvalue weighted by Crippen LogP contribution is -2.68. The molecule has 0 aliphatic heterocycles. The zero-order valence-electron chi connectivity index (χ0n) is 40.8. The highest BCUT2D eigenvalue weighted by Crippen LogP contribution is 2.57. The third-order valence-electron chi connectivity index (χ3n) is 14.0. The molecule has 6 aliphatic rings. The van der Waals surface area contributed by atoms with Crippen molar-refractivity contribution in [1.29, 1.82) is 0 Å². The van der Waals surface area contributed by atoms with E-state index in [0.717, 1.165) is 0 Å². The molecule has 2 aromatic carbocycles. The molecule has 0 radical (unpaired) electrons. The van der Waals surface area contributed by atoms with E-state index >= 15 is 0 Å². The quantitative estimate of drug-likeness (QED) is 0.169. The van der Waals surface area contributed by atoms with E-state index in [1.165, 1.54) is 50.1 Å². The summed E-state index contributed by atoms with van der Waals surface area (Å²) in [6.45, 7) is 7.21. The second kappa shape index (κ2) is 23.1. The molecule has 0 saturated carbocycles. The predicted octanol–water partition coefficient (Wildman–Crippen LogP) is -0.679. The Balaban J connectivity index is 0.000000435. The molecule has 0 heterocycles. The SMILES string of the molecule is CCO.CCO.C[C@H]1c2cccc(O)c2C(=O)C2=C(O)[C@]3(O)C(=O)C(C(N)=O)=C(O)[C@@H](N(C)C)[C@@H]3[C@@H](O)[C@@H]21.C[C@H]1c2cccc(O)c2C(=O)C2=C(O)[C@]3(O)C(=O)C(C(N)=O)=C(O)[C@@H](N(C)C)[C@@H]3[C@@H](O)[C@@H]21.Cl.Cl.O. The van der Waals surface area contributed by atoms with Gasteiger partial charge >= 0.3 is 0 Å². The van der Waals surface area contributed by atoms with Crippen molar-refractivity contribution in [3.8, 4) is 11.5 Å².